The largest absolute Gasteiger partial charge is 0.491 e. The van der Waals surface area contributed by atoms with Crippen LogP contribution in [0.3, 0.4) is 0 Å². The highest BCUT2D eigenvalue weighted by Gasteiger charge is 2.41. The standard InChI is InChI=1S/C56H66N8O6/c1-67-31-33-69-49-35-41(45-37-57-53(59-45)47-19-13-29-63(47)55(65)51(61-25-9-10-26-61)39-15-5-3-6-16-39)21-23-43(49)44-24-22-42(36-50(44)70-34-32-68-2)46-38-58-54(60-46)48-20-14-30-64(48)56(66)52(62-27-11-12-28-62)40-17-7-4-8-18-40/h3-8,15-18,21-24,35-38,47-48,51-52H,9-14,19-20,25-34H2,1-2H3,(H,57,59)(H,58,60)/t47-,48-,51+,52+/m0/s1. The predicted molar refractivity (Wildman–Crippen MR) is 269 cm³/mol. The third-order valence-electron chi connectivity index (χ3n) is 14.6. The zero-order valence-electron chi connectivity index (χ0n) is 40.6. The van der Waals surface area contributed by atoms with Crippen LogP contribution < -0.4 is 9.47 Å². The molecule has 6 aromatic rings. The maximum atomic E-state index is 14.5. The fourth-order valence-electron chi connectivity index (χ4n) is 11.1. The fourth-order valence-corrected chi connectivity index (χ4v) is 11.1. The molecule has 4 aromatic carbocycles. The molecule has 2 aromatic heterocycles. The number of imidazole rings is 2. The molecule has 14 nitrogen and oxygen atoms in total. The van der Waals surface area contributed by atoms with Gasteiger partial charge in [0.2, 0.25) is 11.8 Å². The fraction of sp³-hybridized carbons (Fsp3) is 0.429. The van der Waals surface area contributed by atoms with Crippen LogP contribution in [0.2, 0.25) is 0 Å². The number of nitrogens with one attached hydrogen (secondary N) is 2. The van der Waals surface area contributed by atoms with Crippen molar-refractivity contribution in [2.75, 3.05) is 79.9 Å². The van der Waals surface area contributed by atoms with E-state index in [9.17, 15) is 9.59 Å². The quantitative estimate of drug-likeness (QED) is 0.0756. The molecular weight excluding hydrogens is 881 g/mol. The van der Waals surface area contributed by atoms with Gasteiger partial charge in [-0.2, -0.15) is 0 Å². The number of aromatic nitrogens is 4. The lowest BCUT2D eigenvalue weighted by Crippen LogP contribution is -2.42. The third kappa shape index (κ3) is 10.1. The molecule has 0 saturated carbocycles. The number of carbonyl (C=O) groups is 2. The van der Waals surface area contributed by atoms with Gasteiger partial charge in [0.25, 0.3) is 0 Å². The Kier molecular flexibility index (Phi) is 15.0. The Morgan fingerprint density at radius 2 is 0.957 bits per heavy atom. The number of aromatic amines is 2. The van der Waals surface area contributed by atoms with Crippen molar-refractivity contribution in [1.82, 2.24) is 39.5 Å². The first-order valence-corrected chi connectivity index (χ1v) is 25.3. The van der Waals surface area contributed by atoms with Gasteiger partial charge in [-0.1, -0.05) is 72.8 Å². The Hall–Kier alpha value is -6.32. The first-order chi connectivity index (χ1) is 34.5. The van der Waals surface area contributed by atoms with Gasteiger partial charge >= 0.3 is 0 Å². The van der Waals surface area contributed by atoms with E-state index in [2.05, 4.69) is 68.3 Å². The van der Waals surface area contributed by atoms with E-state index in [4.69, 9.17) is 28.9 Å². The number of ether oxygens (including phenoxy) is 4. The van der Waals surface area contributed by atoms with Gasteiger partial charge in [0.05, 0.1) is 49.1 Å². The van der Waals surface area contributed by atoms with Crippen LogP contribution in [0.15, 0.2) is 109 Å². The molecule has 2 amide bonds. The smallest absolute Gasteiger partial charge is 0.245 e. The summed E-state index contributed by atoms with van der Waals surface area (Å²) in [7, 11) is 3.33. The van der Waals surface area contributed by atoms with E-state index >= 15 is 0 Å². The maximum absolute atomic E-state index is 14.5. The second-order valence-corrected chi connectivity index (χ2v) is 19.0. The molecule has 10 rings (SSSR count). The van der Waals surface area contributed by atoms with Crippen LogP contribution in [0, 0.1) is 0 Å². The molecule has 4 saturated heterocycles. The van der Waals surface area contributed by atoms with Crippen LogP contribution in [-0.4, -0.2) is 131 Å². The number of benzene rings is 4. The van der Waals surface area contributed by atoms with Gasteiger partial charge in [0.1, 0.15) is 48.4 Å². The van der Waals surface area contributed by atoms with E-state index in [1.807, 2.05) is 70.7 Å². The molecule has 0 bridgehead atoms. The lowest BCUT2D eigenvalue weighted by atomic mass is 9.98. The van der Waals surface area contributed by atoms with E-state index < -0.39 is 0 Å². The van der Waals surface area contributed by atoms with E-state index in [1.54, 1.807) is 14.2 Å². The number of hydrogen-bond acceptors (Lipinski definition) is 10. The molecule has 0 aliphatic carbocycles. The highest BCUT2D eigenvalue weighted by molar-refractivity contribution is 5.85. The van der Waals surface area contributed by atoms with Gasteiger partial charge in [-0.3, -0.25) is 19.4 Å². The minimum Gasteiger partial charge on any atom is -0.491 e. The molecule has 4 atom stereocenters. The molecule has 4 fully saturated rings. The van der Waals surface area contributed by atoms with Crippen molar-refractivity contribution < 1.29 is 28.5 Å². The van der Waals surface area contributed by atoms with Gasteiger partial charge in [-0.15, -0.1) is 0 Å². The van der Waals surface area contributed by atoms with Crippen LogP contribution in [0.25, 0.3) is 33.6 Å². The lowest BCUT2D eigenvalue weighted by molar-refractivity contribution is -0.138. The van der Waals surface area contributed by atoms with Crippen molar-refractivity contribution in [2.45, 2.75) is 75.5 Å². The Morgan fingerprint density at radius 3 is 1.36 bits per heavy atom. The maximum Gasteiger partial charge on any atom is 0.245 e. The van der Waals surface area contributed by atoms with E-state index in [1.165, 1.54) is 0 Å². The van der Waals surface area contributed by atoms with E-state index in [0.717, 1.165) is 134 Å². The van der Waals surface area contributed by atoms with Crippen molar-refractivity contribution in [1.29, 1.82) is 0 Å². The molecule has 0 spiro atoms. The summed E-state index contributed by atoms with van der Waals surface area (Å²) in [6.07, 6.45) is 11.7. The molecule has 0 radical (unpaired) electrons. The van der Waals surface area contributed by atoms with Crippen molar-refractivity contribution in [3.8, 4) is 45.1 Å². The van der Waals surface area contributed by atoms with E-state index in [0.29, 0.717) is 51.0 Å². The number of rotatable bonds is 19. The van der Waals surface area contributed by atoms with Crippen LogP contribution in [0.1, 0.15) is 98.3 Å². The summed E-state index contributed by atoms with van der Waals surface area (Å²) in [5.41, 5.74) is 7.30. The van der Waals surface area contributed by atoms with Gasteiger partial charge in [-0.05, 0) is 113 Å². The lowest BCUT2D eigenvalue weighted by Gasteiger charge is -2.33. The molecule has 4 aliphatic heterocycles. The number of carbonyl (C=O) groups excluding carboxylic acids is 2. The number of hydrogen-bond donors (Lipinski definition) is 2. The van der Waals surface area contributed by atoms with Crippen LogP contribution in [0.4, 0.5) is 0 Å². The second-order valence-electron chi connectivity index (χ2n) is 19.0. The number of likely N-dealkylation sites (tertiary alicyclic amines) is 4. The summed E-state index contributed by atoms with van der Waals surface area (Å²) in [5, 5.41) is 0. The van der Waals surface area contributed by atoms with Gasteiger partial charge < -0.3 is 38.7 Å². The molecule has 14 heteroatoms. The average Bonchev–Trinajstić information content (AvgIpc) is 4.26. The van der Waals surface area contributed by atoms with Crippen LogP contribution in [0.5, 0.6) is 11.5 Å². The minimum atomic E-state index is -0.300. The van der Waals surface area contributed by atoms with Crippen molar-refractivity contribution in [2.24, 2.45) is 0 Å². The molecule has 2 N–H and O–H groups in total. The van der Waals surface area contributed by atoms with Gasteiger partial charge in [0.15, 0.2) is 0 Å². The molecule has 0 unspecified atom stereocenters. The number of H-pyrrole nitrogens is 2. The Bertz CT molecular complexity index is 2500. The third-order valence-corrected chi connectivity index (χ3v) is 14.6. The first kappa shape index (κ1) is 47.4. The summed E-state index contributed by atoms with van der Waals surface area (Å²) in [6, 6.07) is 31.9. The highest BCUT2D eigenvalue weighted by atomic mass is 16.5. The normalized spacial score (nSPS) is 19.5. The molecular formula is C56H66N8O6. The number of methoxy groups -OCH3 is 2. The summed E-state index contributed by atoms with van der Waals surface area (Å²) in [5.74, 6) is 3.20. The highest BCUT2D eigenvalue weighted by Crippen LogP contribution is 2.43. The van der Waals surface area contributed by atoms with Crippen LogP contribution in [-0.2, 0) is 19.1 Å². The average molecular weight is 947 g/mol. The Labute approximate surface area is 411 Å². The summed E-state index contributed by atoms with van der Waals surface area (Å²) in [6.45, 7) is 6.63. The predicted octanol–water partition coefficient (Wildman–Crippen LogP) is 9.19. The number of amides is 2. The molecule has 6 heterocycles. The zero-order valence-corrected chi connectivity index (χ0v) is 40.6. The minimum absolute atomic E-state index is 0.144. The summed E-state index contributed by atoms with van der Waals surface area (Å²) >= 11 is 0. The van der Waals surface area contributed by atoms with E-state index in [-0.39, 0.29) is 36.0 Å². The molecule has 70 heavy (non-hydrogen) atoms. The van der Waals surface area contributed by atoms with Crippen molar-refractivity contribution in [3.05, 3.63) is 132 Å². The van der Waals surface area contributed by atoms with Gasteiger partial charge in [0, 0.05) is 49.6 Å². The van der Waals surface area contributed by atoms with Crippen LogP contribution >= 0.6 is 0 Å². The monoisotopic (exact) mass is 947 g/mol. The summed E-state index contributed by atoms with van der Waals surface area (Å²) in [4.78, 5) is 54.8. The summed E-state index contributed by atoms with van der Waals surface area (Å²) < 4.78 is 23.8. The Balaban J connectivity index is 0.909. The number of nitrogens with zero attached hydrogens (tertiary/aromatic N) is 6. The SMILES string of the molecule is COCCOc1cc(-c2cnc([C@@H]3CCCN3C(=O)[C@@H](c3ccccc3)N3CCCC3)[nH]2)ccc1-c1ccc(-c2cnc([C@@H]3CCCN3C(=O)[C@@H](c3ccccc3)N3CCCC3)[nH]2)cc1OCCOC. The zero-order chi connectivity index (χ0) is 47.8. The second kappa shape index (κ2) is 22.2. The Morgan fingerprint density at radius 1 is 0.543 bits per heavy atom. The van der Waals surface area contributed by atoms with Crippen molar-refractivity contribution >= 4 is 11.8 Å². The van der Waals surface area contributed by atoms with Gasteiger partial charge in [-0.25, -0.2) is 9.97 Å². The van der Waals surface area contributed by atoms with Crippen molar-refractivity contribution in [3.63, 3.8) is 0 Å². The topological polar surface area (TPSA) is 141 Å². The first-order valence-electron chi connectivity index (χ1n) is 25.3. The molecule has 366 valence electrons. The molecule has 4 aliphatic rings.